The van der Waals surface area contributed by atoms with Gasteiger partial charge in [0.05, 0.1) is 30.2 Å². The van der Waals surface area contributed by atoms with E-state index in [-0.39, 0.29) is 18.5 Å². The molecule has 2 amide bonds. The number of imidazole rings is 1. The lowest BCUT2D eigenvalue weighted by atomic mass is 9.94. The van der Waals surface area contributed by atoms with Crippen LogP contribution in [0.25, 0.3) is 10.8 Å². The van der Waals surface area contributed by atoms with Crippen LogP contribution in [0.3, 0.4) is 0 Å². The van der Waals surface area contributed by atoms with Gasteiger partial charge in [-0.05, 0) is 46.5 Å². The van der Waals surface area contributed by atoms with Crippen LogP contribution in [-0.4, -0.2) is 34.4 Å². The van der Waals surface area contributed by atoms with E-state index in [2.05, 4.69) is 50.9 Å². The molecule has 43 heavy (non-hydrogen) atoms. The number of hydrogen-bond donors (Lipinski definition) is 4. The summed E-state index contributed by atoms with van der Waals surface area (Å²) < 4.78 is 6.07. The number of ether oxygens (including phenoxy) is 1. The zero-order valence-corrected chi connectivity index (χ0v) is 24.2. The van der Waals surface area contributed by atoms with E-state index in [1.807, 2.05) is 42.6 Å². The molecule has 0 aliphatic carbocycles. The van der Waals surface area contributed by atoms with E-state index in [0.717, 1.165) is 29.7 Å². The summed E-state index contributed by atoms with van der Waals surface area (Å²) in [5, 5.41) is 9.60. The fourth-order valence-electron chi connectivity index (χ4n) is 5.65. The number of nitrogens with one attached hydrogen (secondary N) is 3. The summed E-state index contributed by atoms with van der Waals surface area (Å²) in [4.78, 5) is 33.3. The van der Waals surface area contributed by atoms with Crippen LogP contribution in [0.1, 0.15) is 51.2 Å². The highest BCUT2D eigenvalue weighted by molar-refractivity contribution is 6.30. The second-order valence-corrected chi connectivity index (χ2v) is 11.2. The number of nitrogens with two attached hydrogens (primary N) is 1. The first-order chi connectivity index (χ1) is 20.9. The van der Waals surface area contributed by atoms with Gasteiger partial charge in [-0.1, -0.05) is 78.3 Å². The maximum Gasteiger partial charge on any atom is 0.255 e. The predicted octanol–water partition coefficient (Wildman–Crippen LogP) is 5.44. The van der Waals surface area contributed by atoms with E-state index in [0.29, 0.717) is 22.9 Å². The number of hydrogen-bond acceptors (Lipinski definition) is 5. The number of aromatic nitrogens is 2. The van der Waals surface area contributed by atoms with E-state index in [1.165, 1.54) is 16.3 Å². The highest BCUT2D eigenvalue weighted by Crippen LogP contribution is 2.37. The lowest BCUT2D eigenvalue weighted by Crippen LogP contribution is -2.46. The third kappa shape index (κ3) is 6.56. The van der Waals surface area contributed by atoms with Gasteiger partial charge in [-0.3, -0.25) is 9.59 Å². The largest absolute Gasteiger partial charge is 0.492 e. The number of fused-ring (bicyclic) bond motifs is 2. The molecule has 0 spiro atoms. The van der Waals surface area contributed by atoms with Crippen molar-refractivity contribution in [2.45, 2.75) is 37.4 Å². The highest BCUT2D eigenvalue weighted by atomic mass is 35.5. The van der Waals surface area contributed by atoms with Crippen molar-refractivity contribution in [2.24, 2.45) is 5.73 Å². The normalized spacial score (nSPS) is 15.7. The zero-order chi connectivity index (χ0) is 29.8. The summed E-state index contributed by atoms with van der Waals surface area (Å²) in [6.07, 6.45) is 5.24. The SMILES string of the molecule is NC(=O)[C@H](Cc1ccc(Cl)cc1)NC(=O)c1cccc2c1OCCC2NC(Cc1ccc2ccccc2c1)c1cnc[nH]1. The molecule has 1 aromatic heterocycles. The standard InChI is InChI=1S/C34H32ClN5O3/c35-25-12-9-21(10-13-25)17-30(33(36)41)40-34(42)27-7-3-6-26-28(14-15-43-32(26)27)39-29(31-19-37-20-38-31)18-22-8-11-23-4-1-2-5-24(23)16-22/h1-13,16,19-20,28-30,39H,14-15,17-18H2,(H2,36,41)(H,37,38)(H,40,42)/t28?,29?,30-/m0/s1. The summed E-state index contributed by atoms with van der Waals surface area (Å²) in [5.41, 5.74) is 9.92. The minimum atomic E-state index is -0.895. The quantitative estimate of drug-likeness (QED) is 0.172. The first-order valence-corrected chi connectivity index (χ1v) is 14.6. The average Bonchev–Trinajstić information content (AvgIpc) is 3.56. The Hall–Kier alpha value is -4.66. The fraction of sp³-hybridized carbons (Fsp3) is 0.206. The maximum atomic E-state index is 13.5. The van der Waals surface area contributed by atoms with Crippen LogP contribution < -0.4 is 21.1 Å². The molecule has 4 aromatic carbocycles. The molecule has 2 unspecified atom stereocenters. The van der Waals surface area contributed by atoms with Gasteiger partial charge in [0.25, 0.3) is 5.91 Å². The summed E-state index contributed by atoms with van der Waals surface area (Å²) in [6.45, 7) is 0.435. The van der Waals surface area contributed by atoms with Crippen LogP contribution >= 0.6 is 11.6 Å². The Labute approximate surface area is 254 Å². The molecule has 218 valence electrons. The summed E-state index contributed by atoms with van der Waals surface area (Å²) in [6, 6.07) is 26.4. The minimum Gasteiger partial charge on any atom is -0.492 e. The van der Waals surface area contributed by atoms with Crippen LogP contribution in [0, 0.1) is 0 Å². The first-order valence-electron chi connectivity index (χ1n) is 14.3. The second-order valence-electron chi connectivity index (χ2n) is 10.8. The van der Waals surface area contributed by atoms with Crippen molar-refractivity contribution in [1.29, 1.82) is 0 Å². The van der Waals surface area contributed by atoms with Crippen molar-refractivity contribution in [3.8, 4) is 5.75 Å². The Morgan fingerprint density at radius 3 is 2.53 bits per heavy atom. The molecule has 0 radical (unpaired) electrons. The van der Waals surface area contributed by atoms with E-state index in [1.54, 1.807) is 24.5 Å². The molecule has 1 aliphatic rings. The number of nitrogens with zero attached hydrogens (tertiary/aromatic N) is 1. The Balaban J connectivity index is 1.23. The van der Waals surface area contributed by atoms with Crippen molar-refractivity contribution in [3.05, 3.63) is 130 Å². The van der Waals surface area contributed by atoms with Crippen LogP contribution in [0.2, 0.25) is 5.02 Å². The van der Waals surface area contributed by atoms with Crippen molar-refractivity contribution in [1.82, 2.24) is 20.6 Å². The van der Waals surface area contributed by atoms with Crippen molar-refractivity contribution in [3.63, 3.8) is 0 Å². The van der Waals surface area contributed by atoms with Gasteiger partial charge in [0.1, 0.15) is 11.8 Å². The zero-order valence-electron chi connectivity index (χ0n) is 23.4. The van der Waals surface area contributed by atoms with Crippen LogP contribution in [0.5, 0.6) is 5.75 Å². The minimum absolute atomic E-state index is 0.0595. The smallest absolute Gasteiger partial charge is 0.255 e. The Morgan fingerprint density at radius 1 is 0.977 bits per heavy atom. The molecular weight excluding hydrogens is 562 g/mol. The second kappa shape index (κ2) is 12.7. The molecule has 6 rings (SSSR count). The van der Waals surface area contributed by atoms with Gasteiger partial charge < -0.3 is 26.1 Å². The van der Waals surface area contributed by atoms with E-state index in [9.17, 15) is 9.59 Å². The number of aromatic amines is 1. The van der Waals surface area contributed by atoms with Crippen molar-refractivity contribution >= 4 is 34.2 Å². The molecule has 5 N–H and O–H groups in total. The molecule has 0 saturated heterocycles. The average molecular weight is 594 g/mol. The number of carbonyl (C=O) groups excluding carboxylic acids is 2. The van der Waals surface area contributed by atoms with Gasteiger partial charge in [-0.25, -0.2) is 4.98 Å². The third-order valence-corrected chi connectivity index (χ3v) is 8.12. The number of carbonyl (C=O) groups is 2. The van der Waals surface area contributed by atoms with Crippen LogP contribution in [0.4, 0.5) is 0 Å². The fourth-order valence-corrected chi connectivity index (χ4v) is 5.78. The van der Waals surface area contributed by atoms with E-state index in [4.69, 9.17) is 22.1 Å². The number of primary amides is 1. The molecule has 2 heterocycles. The summed E-state index contributed by atoms with van der Waals surface area (Å²) in [5.74, 6) is -0.534. The van der Waals surface area contributed by atoms with Gasteiger partial charge in [0, 0.05) is 35.7 Å². The summed E-state index contributed by atoms with van der Waals surface area (Å²) >= 11 is 5.99. The Bertz CT molecular complexity index is 1740. The lowest BCUT2D eigenvalue weighted by molar-refractivity contribution is -0.119. The molecule has 3 atom stereocenters. The van der Waals surface area contributed by atoms with Gasteiger partial charge in [-0.2, -0.15) is 0 Å². The number of H-pyrrole nitrogens is 1. The molecule has 8 nitrogen and oxygen atoms in total. The molecule has 9 heteroatoms. The Morgan fingerprint density at radius 2 is 1.77 bits per heavy atom. The highest BCUT2D eigenvalue weighted by Gasteiger charge is 2.30. The van der Waals surface area contributed by atoms with Crippen molar-refractivity contribution in [2.75, 3.05) is 6.61 Å². The molecule has 5 aromatic rings. The van der Waals surface area contributed by atoms with Crippen LogP contribution in [0.15, 0.2) is 97.5 Å². The number of benzene rings is 4. The van der Waals surface area contributed by atoms with Gasteiger partial charge in [-0.15, -0.1) is 0 Å². The predicted molar refractivity (Wildman–Crippen MR) is 167 cm³/mol. The van der Waals surface area contributed by atoms with E-state index < -0.39 is 17.9 Å². The maximum absolute atomic E-state index is 13.5. The molecule has 0 fully saturated rings. The molecule has 0 saturated carbocycles. The van der Waals surface area contributed by atoms with Gasteiger partial charge in [0.15, 0.2) is 0 Å². The monoisotopic (exact) mass is 593 g/mol. The topological polar surface area (TPSA) is 122 Å². The third-order valence-electron chi connectivity index (χ3n) is 7.87. The van der Waals surface area contributed by atoms with E-state index >= 15 is 0 Å². The van der Waals surface area contributed by atoms with Gasteiger partial charge >= 0.3 is 0 Å². The number of amides is 2. The number of halogens is 1. The van der Waals surface area contributed by atoms with Crippen LogP contribution in [-0.2, 0) is 17.6 Å². The number of para-hydroxylation sites is 1. The lowest BCUT2D eigenvalue weighted by Gasteiger charge is -2.31. The first kappa shape index (κ1) is 28.5. The molecular formula is C34H32ClN5O3. The number of rotatable bonds is 10. The molecule has 1 aliphatic heterocycles. The summed E-state index contributed by atoms with van der Waals surface area (Å²) in [7, 11) is 0. The van der Waals surface area contributed by atoms with Gasteiger partial charge in [0.2, 0.25) is 5.91 Å². The Kier molecular flexibility index (Phi) is 8.40. The molecule has 0 bridgehead atoms. The van der Waals surface area contributed by atoms with Crippen molar-refractivity contribution < 1.29 is 14.3 Å².